The van der Waals surface area contributed by atoms with Gasteiger partial charge >= 0.3 is 16.4 Å². The van der Waals surface area contributed by atoms with Gasteiger partial charge in [-0.25, -0.2) is 0 Å². The van der Waals surface area contributed by atoms with Crippen LogP contribution in [0.3, 0.4) is 0 Å². The molecule has 0 fully saturated rings. The fourth-order valence-corrected chi connectivity index (χ4v) is 1.17. The molecule has 0 aromatic heterocycles. The highest BCUT2D eigenvalue weighted by Gasteiger charge is 2.08. The molecule has 0 aliphatic rings. The van der Waals surface area contributed by atoms with Crippen LogP contribution in [0.25, 0.3) is 0 Å². The third-order valence-electron chi connectivity index (χ3n) is 2.19. The van der Waals surface area contributed by atoms with Crippen molar-refractivity contribution in [3.8, 4) is 0 Å². The number of carbonyl (C=O) groups excluding carboxylic acids is 1. The number of hydrogen-bond donors (Lipinski definition) is 3. The fraction of sp³-hybridized carbons (Fsp3) is 0.900. The van der Waals surface area contributed by atoms with Crippen LogP contribution in [-0.2, 0) is 19.9 Å². The van der Waals surface area contributed by atoms with Crippen molar-refractivity contribution < 1.29 is 27.1 Å². The summed E-state index contributed by atoms with van der Waals surface area (Å²) < 4.78 is 36.6. The molecule has 18 heavy (non-hydrogen) atoms. The van der Waals surface area contributed by atoms with Gasteiger partial charge in [-0.3, -0.25) is 13.9 Å². The van der Waals surface area contributed by atoms with Gasteiger partial charge in [0, 0.05) is 0 Å². The summed E-state index contributed by atoms with van der Waals surface area (Å²) in [6, 6.07) is 0. The molecule has 0 aromatic rings. The van der Waals surface area contributed by atoms with Gasteiger partial charge in [-0.15, -0.1) is 0 Å². The van der Waals surface area contributed by atoms with Gasteiger partial charge in [0.05, 0.1) is 13.2 Å². The maximum Gasteiger partial charge on any atom is 0.394 e. The van der Waals surface area contributed by atoms with Crippen LogP contribution >= 0.6 is 0 Å². The van der Waals surface area contributed by atoms with Gasteiger partial charge in [-0.05, 0) is 12.3 Å². The number of unbranched alkanes of at least 4 members (excludes halogenated alkanes) is 1. The number of nitrogens with two attached hydrogens (primary N) is 1. The zero-order valence-electron chi connectivity index (χ0n) is 10.8. The van der Waals surface area contributed by atoms with E-state index in [4.69, 9.17) is 28.0 Å². The minimum absolute atomic E-state index is 0.00971. The van der Waals surface area contributed by atoms with E-state index in [2.05, 4.69) is 13.8 Å². The van der Waals surface area contributed by atoms with Gasteiger partial charge in [-0.2, -0.15) is 8.42 Å². The molecule has 0 heterocycles. The average molecular weight is 285 g/mol. The molecular formula is C10H23NO6S. The van der Waals surface area contributed by atoms with Crippen molar-refractivity contribution >= 4 is 16.4 Å². The Balaban J connectivity index is 0. The average Bonchev–Trinajstić information content (AvgIpc) is 2.26. The Hall–Kier alpha value is -0.700. The van der Waals surface area contributed by atoms with Gasteiger partial charge in [0.2, 0.25) is 0 Å². The third-order valence-corrected chi connectivity index (χ3v) is 2.19. The number of hydrogen-bond acceptors (Lipinski definition) is 5. The number of esters is 1. The van der Waals surface area contributed by atoms with Crippen LogP contribution in [0.4, 0.5) is 0 Å². The van der Waals surface area contributed by atoms with Crippen LogP contribution in [0.2, 0.25) is 0 Å². The Bertz CT molecular complexity index is 295. The summed E-state index contributed by atoms with van der Waals surface area (Å²) in [6.45, 7) is 4.81. The maximum atomic E-state index is 10.8. The molecule has 7 nitrogen and oxygen atoms in total. The SMILES string of the molecule is CCCCC(CC)COC(=O)CN.O=S(=O)(O)O. The van der Waals surface area contributed by atoms with Crippen LogP contribution in [0, 0.1) is 5.92 Å². The molecular weight excluding hydrogens is 262 g/mol. The molecule has 0 rings (SSSR count). The summed E-state index contributed by atoms with van der Waals surface area (Å²) in [5, 5.41) is 0. The van der Waals surface area contributed by atoms with Crippen molar-refractivity contribution in [2.45, 2.75) is 39.5 Å². The largest absolute Gasteiger partial charge is 0.464 e. The lowest BCUT2D eigenvalue weighted by atomic mass is 10.0. The molecule has 0 saturated heterocycles. The molecule has 0 radical (unpaired) electrons. The van der Waals surface area contributed by atoms with Gasteiger partial charge in [0.1, 0.15) is 0 Å². The van der Waals surface area contributed by atoms with Crippen LogP contribution < -0.4 is 5.73 Å². The quantitative estimate of drug-likeness (QED) is 0.471. The Labute approximate surface area is 108 Å². The van der Waals surface area contributed by atoms with Crippen molar-refractivity contribution in [1.82, 2.24) is 0 Å². The van der Waals surface area contributed by atoms with E-state index in [1.807, 2.05) is 0 Å². The highest BCUT2D eigenvalue weighted by atomic mass is 32.3. The first-order chi connectivity index (χ1) is 8.24. The van der Waals surface area contributed by atoms with Gasteiger partial charge < -0.3 is 10.5 Å². The first-order valence-corrected chi connectivity index (χ1v) is 7.19. The van der Waals surface area contributed by atoms with Gasteiger partial charge in [0.15, 0.2) is 0 Å². The second-order valence-corrected chi connectivity index (χ2v) is 4.65. The highest BCUT2D eigenvalue weighted by molar-refractivity contribution is 7.79. The first-order valence-electron chi connectivity index (χ1n) is 5.80. The summed E-state index contributed by atoms with van der Waals surface area (Å²) in [6.07, 6.45) is 4.61. The minimum Gasteiger partial charge on any atom is -0.464 e. The molecule has 0 spiro atoms. The smallest absolute Gasteiger partial charge is 0.394 e. The predicted molar refractivity (Wildman–Crippen MR) is 67.5 cm³/mol. The zero-order chi connectivity index (χ0) is 14.6. The van der Waals surface area contributed by atoms with Crippen molar-refractivity contribution in [1.29, 1.82) is 0 Å². The summed E-state index contributed by atoms with van der Waals surface area (Å²) in [5.74, 6) is 0.213. The number of rotatable bonds is 7. The highest BCUT2D eigenvalue weighted by Crippen LogP contribution is 2.12. The Morgan fingerprint density at radius 2 is 1.83 bits per heavy atom. The van der Waals surface area contributed by atoms with E-state index in [0.717, 1.165) is 12.8 Å². The molecule has 1 unspecified atom stereocenters. The molecule has 0 aliphatic heterocycles. The second kappa shape index (κ2) is 11.4. The Morgan fingerprint density at radius 3 is 2.17 bits per heavy atom. The standard InChI is InChI=1S/C10H21NO2.H2O4S/c1-3-5-6-9(4-2)8-13-10(12)7-11;1-5(2,3)4/h9H,3-8,11H2,1-2H3;(H2,1,2,3,4). The fourth-order valence-electron chi connectivity index (χ4n) is 1.17. The molecule has 110 valence electrons. The molecule has 0 aliphatic carbocycles. The van der Waals surface area contributed by atoms with Crippen LogP contribution in [-0.4, -0.2) is 36.6 Å². The van der Waals surface area contributed by atoms with Crippen LogP contribution in [0.15, 0.2) is 0 Å². The minimum atomic E-state index is -4.67. The van der Waals surface area contributed by atoms with Crippen LogP contribution in [0.5, 0.6) is 0 Å². The van der Waals surface area contributed by atoms with E-state index in [1.165, 1.54) is 12.8 Å². The van der Waals surface area contributed by atoms with Crippen molar-refractivity contribution in [2.24, 2.45) is 11.7 Å². The molecule has 1 atom stereocenters. The lowest BCUT2D eigenvalue weighted by molar-refractivity contribution is -0.143. The molecule has 0 aromatic carbocycles. The normalized spacial score (nSPS) is 12.3. The van der Waals surface area contributed by atoms with E-state index in [0.29, 0.717) is 12.5 Å². The molecule has 0 bridgehead atoms. The molecule has 0 amide bonds. The molecule has 8 heteroatoms. The lowest BCUT2D eigenvalue weighted by Crippen LogP contribution is -2.20. The molecule has 0 saturated carbocycles. The molecule has 4 N–H and O–H groups in total. The number of ether oxygens (including phenoxy) is 1. The maximum absolute atomic E-state index is 10.8. The summed E-state index contributed by atoms with van der Waals surface area (Å²) in [7, 11) is -4.67. The summed E-state index contributed by atoms with van der Waals surface area (Å²) in [4.78, 5) is 10.8. The van der Waals surface area contributed by atoms with Crippen molar-refractivity contribution in [3.63, 3.8) is 0 Å². The summed E-state index contributed by atoms with van der Waals surface area (Å²) in [5.41, 5.74) is 5.13. The Kier molecular flexibility index (Phi) is 12.4. The van der Waals surface area contributed by atoms with E-state index in [-0.39, 0.29) is 12.5 Å². The summed E-state index contributed by atoms with van der Waals surface area (Å²) >= 11 is 0. The lowest BCUT2D eigenvalue weighted by Gasteiger charge is -2.13. The monoisotopic (exact) mass is 285 g/mol. The van der Waals surface area contributed by atoms with E-state index in [1.54, 1.807) is 0 Å². The van der Waals surface area contributed by atoms with E-state index >= 15 is 0 Å². The van der Waals surface area contributed by atoms with Crippen LogP contribution in [0.1, 0.15) is 39.5 Å². The number of carbonyl (C=O) groups is 1. The van der Waals surface area contributed by atoms with E-state index < -0.39 is 10.4 Å². The topological polar surface area (TPSA) is 127 Å². The zero-order valence-corrected chi connectivity index (χ0v) is 11.6. The van der Waals surface area contributed by atoms with E-state index in [9.17, 15) is 4.79 Å². The predicted octanol–water partition coefficient (Wildman–Crippen LogP) is 1.05. The third kappa shape index (κ3) is 20.7. The second-order valence-electron chi connectivity index (χ2n) is 3.75. The Morgan fingerprint density at radius 1 is 1.33 bits per heavy atom. The first kappa shape index (κ1) is 19.6. The van der Waals surface area contributed by atoms with Crippen molar-refractivity contribution in [2.75, 3.05) is 13.2 Å². The van der Waals surface area contributed by atoms with Gasteiger partial charge in [0.25, 0.3) is 0 Å². The van der Waals surface area contributed by atoms with Crippen molar-refractivity contribution in [3.05, 3.63) is 0 Å². The van der Waals surface area contributed by atoms with Gasteiger partial charge in [-0.1, -0.05) is 33.1 Å².